The zero-order valence-electron chi connectivity index (χ0n) is 29.2. The van der Waals surface area contributed by atoms with Gasteiger partial charge in [-0.3, -0.25) is 4.90 Å². The largest absolute Gasteiger partial charge is 0.479 e. The Morgan fingerprint density at radius 2 is 1.78 bits per heavy atom. The number of carboxylic acid groups (broad SMARTS) is 1. The second-order valence-corrected chi connectivity index (χ2v) is 15.6. The lowest BCUT2D eigenvalue weighted by Gasteiger charge is -2.42. The van der Waals surface area contributed by atoms with Crippen molar-refractivity contribution in [1.82, 2.24) is 9.88 Å². The number of halogens is 1. The Hall–Kier alpha value is -4.19. The van der Waals surface area contributed by atoms with Gasteiger partial charge in [-0.2, -0.15) is 0 Å². The molecule has 0 bridgehead atoms. The Morgan fingerprint density at radius 3 is 2.37 bits per heavy atom. The van der Waals surface area contributed by atoms with E-state index in [4.69, 9.17) is 31.5 Å². The third-order valence-electron chi connectivity index (χ3n) is 8.17. The van der Waals surface area contributed by atoms with E-state index in [0.717, 1.165) is 43.3 Å². The Morgan fingerprint density at radius 1 is 1.08 bits per heavy atom. The van der Waals surface area contributed by atoms with Gasteiger partial charge < -0.3 is 30.2 Å². The summed E-state index contributed by atoms with van der Waals surface area (Å²) in [5, 5.41) is 22.9. The van der Waals surface area contributed by atoms with Crippen molar-refractivity contribution < 1.29 is 24.2 Å². The van der Waals surface area contributed by atoms with Crippen LogP contribution in [0, 0.1) is 12.3 Å². The molecule has 260 valence electrons. The highest BCUT2D eigenvalue weighted by molar-refractivity contribution is 7.22. The number of amides is 1. The summed E-state index contributed by atoms with van der Waals surface area (Å²) in [6.45, 7) is 14.3. The van der Waals surface area contributed by atoms with Crippen LogP contribution in [0.3, 0.4) is 0 Å². The monoisotopic (exact) mass is 705 g/mol. The standard InChI is InChI=1S/C37H44ClN5O5S/c1-21-17-27-32(30(22-9-12-25(38)13-10-22)29(21)31(33(44)45)47-36(2,3)4)49-34(41-27)42-15-16-43(35(46)48-37(5,6)7)28(20-42)23-11-14-26(40-8)24(18-23)19-39/h9-14,17-19,28,31,39-40H,15-16,20H2,1-8H3,(H,44,45). The lowest BCUT2D eigenvalue weighted by Crippen LogP contribution is -2.52. The molecule has 0 aliphatic carbocycles. The smallest absolute Gasteiger partial charge is 0.410 e. The number of nitrogens with one attached hydrogen (secondary N) is 2. The fourth-order valence-corrected chi connectivity index (χ4v) is 7.37. The predicted octanol–water partition coefficient (Wildman–Crippen LogP) is 8.70. The van der Waals surface area contributed by atoms with E-state index in [0.29, 0.717) is 35.8 Å². The van der Waals surface area contributed by atoms with Crippen molar-refractivity contribution in [2.75, 3.05) is 36.9 Å². The van der Waals surface area contributed by atoms with Crippen LogP contribution in [0.4, 0.5) is 15.6 Å². The summed E-state index contributed by atoms with van der Waals surface area (Å²) in [4.78, 5) is 35.3. The van der Waals surface area contributed by atoms with Crippen molar-refractivity contribution in [1.29, 1.82) is 5.41 Å². The van der Waals surface area contributed by atoms with E-state index >= 15 is 0 Å². The zero-order valence-corrected chi connectivity index (χ0v) is 30.8. The molecule has 1 aliphatic rings. The summed E-state index contributed by atoms with van der Waals surface area (Å²) in [6, 6.07) is 14.7. The van der Waals surface area contributed by atoms with E-state index in [-0.39, 0.29) is 6.04 Å². The zero-order chi connectivity index (χ0) is 35.8. The van der Waals surface area contributed by atoms with Gasteiger partial charge in [0.15, 0.2) is 11.2 Å². The second-order valence-electron chi connectivity index (χ2n) is 14.2. The number of carbonyl (C=O) groups is 2. The number of fused-ring (bicyclic) bond motifs is 1. The Labute approximate surface area is 296 Å². The van der Waals surface area contributed by atoms with Gasteiger partial charge in [-0.1, -0.05) is 41.1 Å². The number of piperazine rings is 1. The van der Waals surface area contributed by atoms with Crippen LogP contribution in [0.1, 0.15) is 75.9 Å². The van der Waals surface area contributed by atoms with Crippen LogP contribution in [0.2, 0.25) is 5.02 Å². The van der Waals surface area contributed by atoms with Gasteiger partial charge in [0.05, 0.1) is 21.9 Å². The minimum Gasteiger partial charge on any atom is -0.479 e. The SMILES string of the molecule is CNc1ccc(C2CN(c3nc4cc(C)c(C(OC(C)(C)C)C(=O)O)c(-c5ccc(Cl)cc5)c4s3)CCN2C(=O)OC(C)(C)C)cc1C=N. The van der Waals surface area contributed by atoms with Gasteiger partial charge in [-0.15, -0.1) is 0 Å². The molecule has 2 atom stereocenters. The molecule has 3 aromatic carbocycles. The first-order chi connectivity index (χ1) is 23.0. The molecule has 5 rings (SSSR count). The van der Waals surface area contributed by atoms with Crippen molar-refractivity contribution in [3.63, 3.8) is 0 Å². The molecular weight excluding hydrogens is 662 g/mol. The molecule has 12 heteroatoms. The number of nitrogens with zero attached hydrogens (tertiary/aromatic N) is 3. The normalized spacial score (nSPS) is 16.1. The molecule has 1 aliphatic heterocycles. The number of aryl methyl sites for hydroxylation is 1. The number of benzene rings is 3. The van der Waals surface area contributed by atoms with E-state index < -0.39 is 29.4 Å². The average molecular weight is 706 g/mol. The molecule has 2 heterocycles. The summed E-state index contributed by atoms with van der Waals surface area (Å²) in [5.74, 6) is -1.08. The van der Waals surface area contributed by atoms with Gasteiger partial charge in [-0.05, 0) is 95.5 Å². The number of ether oxygens (including phenoxy) is 2. The number of aliphatic carboxylic acids is 1. The highest BCUT2D eigenvalue weighted by atomic mass is 35.5. The van der Waals surface area contributed by atoms with Gasteiger partial charge in [0.1, 0.15) is 5.60 Å². The van der Waals surface area contributed by atoms with Crippen molar-refractivity contribution in [3.8, 4) is 11.1 Å². The third-order valence-corrected chi connectivity index (χ3v) is 9.57. The molecule has 10 nitrogen and oxygen atoms in total. The van der Waals surface area contributed by atoms with Crippen LogP contribution in [0.5, 0.6) is 0 Å². The number of aromatic nitrogens is 1. The Balaban J connectivity index is 1.64. The molecular formula is C37H44ClN5O5S. The summed E-state index contributed by atoms with van der Waals surface area (Å²) in [7, 11) is 1.81. The summed E-state index contributed by atoms with van der Waals surface area (Å²) >= 11 is 7.76. The maximum Gasteiger partial charge on any atom is 0.410 e. The lowest BCUT2D eigenvalue weighted by atomic mass is 9.91. The van der Waals surface area contributed by atoms with Crippen LogP contribution in [0.25, 0.3) is 21.3 Å². The molecule has 2 unspecified atom stereocenters. The average Bonchev–Trinajstić information content (AvgIpc) is 3.45. The van der Waals surface area contributed by atoms with Crippen LogP contribution < -0.4 is 10.2 Å². The fraction of sp³-hybridized carbons (Fsp3) is 0.405. The van der Waals surface area contributed by atoms with E-state index in [1.165, 1.54) is 17.6 Å². The van der Waals surface area contributed by atoms with Crippen molar-refractivity contribution in [2.45, 2.75) is 71.8 Å². The van der Waals surface area contributed by atoms with Crippen LogP contribution in [-0.4, -0.2) is 71.2 Å². The minimum absolute atomic E-state index is 0.384. The number of anilines is 2. The number of carbonyl (C=O) groups excluding carboxylic acids is 1. The number of thiazole rings is 1. The van der Waals surface area contributed by atoms with Crippen LogP contribution >= 0.6 is 22.9 Å². The van der Waals surface area contributed by atoms with Gasteiger partial charge in [0, 0.05) is 60.3 Å². The fourth-order valence-electron chi connectivity index (χ4n) is 6.08. The first-order valence-corrected chi connectivity index (χ1v) is 17.4. The third kappa shape index (κ3) is 8.01. The molecule has 1 fully saturated rings. The molecule has 1 aromatic heterocycles. The number of hydrogen-bond acceptors (Lipinski definition) is 9. The summed E-state index contributed by atoms with van der Waals surface area (Å²) in [5.41, 5.74) is 4.63. The molecule has 0 radical (unpaired) electrons. The first kappa shape index (κ1) is 36.1. The molecule has 1 saturated heterocycles. The van der Waals surface area contributed by atoms with Crippen LogP contribution in [0.15, 0.2) is 48.5 Å². The molecule has 3 N–H and O–H groups in total. The van der Waals surface area contributed by atoms with E-state index in [2.05, 4.69) is 10.2 Å². The van der Waals surface area contributed by atoms with Crippen LogP contribution in [-0.2, 0) is 14.3 Å². The van der Waals surface area contributed by atoms with E-state index in [1.807, 2.05) is 91.9 Å². The molecule has 1 amide bonds. The number of hydrogen-bond donors (Lipinski definition) is 3. The number of carboxylic acids is 1. The Kier molecular flexibility index (Phi) is 10.3. The van der Waals surface area contributed by atoms with Gasteiger partial charge in [0.25, 0.3) is 0 Å². The topological polar surface area (TPSA) is 128 Å². The van der Waals surface area contributed by atoms with E-state index in [9.17, 15) is 14.7 Å². The highest BCUT2D eigenvalue weighted by Gasteiger charge is 2.37. The molecule has 49 heavy (non-hydrogen) atoms. The predicted molar refractivity (Wildman–Crippen MR) is 198 cm³/mol. The summed E-state index contributed by atoms with van der Waals surface area (Å²) < 4.78 is 12.8. The quantitative estimate of drug-likeness (QED) is 0.155. The van der Waals surface area contributed by atoms with E-state index in [1.54, 1.807) is 17.0 Å². The number of rotatable bonds is 8. The summed E-state index contributed by atoms with van der Waals surface area (Å²) in [6.07, 6.45) is -0.321. The van der Waals surface area contributed by atoms with Crippen molar-refractivity contribution in [2.24, 2.45) is 0 Å². The van der Waals surface area contributed by atoms with Gasteiger partial charge in [-0.25, -0.2) is 14.6 Å². The Bertz CT molecular complexity index is 1880. The second kappa shape index (κ2) is 14.0. The van der Waals surface area contributed by atoms with Gasteiger partial charge in [0.2, 0.25) is 0 Å². The molecule has 4 aromatic rings. The maximum absolute atomic E-state index is 13.5. The molecule has 0 spiro atoms. The minimum atomic E-state index is -1.22. The molecule has 0 saturated carbocycles. The van der Waals surface area contributed by atoms with Crippen molar-refractivity contribution in [3.05, 3.63) is 75.8 Å². The highest BCUT2D eigenvalue weighted by Crippen LogP contribution is 2.45. The van der Waals surface area contributed by atoms with Crippen molar-refractivity contribution >= 4 is 62.3 Å². The lowest BCUT2D eigenvalue weighted by molar-refractivity contribution is -0.160. The van der Waals surface area contributed by atoms with Gasteiger partial charge >= 0.3 is 12.1 Å². The first-order valence-electron chi connectivity index (χ1n) is 16.2. The maximum atomic E-state index is 13.5.